The van der Waals surface area contributed by atoms with Gasteiger partial charge in [-0.3, -0.25) is 5.84 Å². The molecule has 0 radical (unpaired) electrons. The van der Waals surface area contributed by atoms with Crippen LogP contribution >= 0.6 is 11.3 Å². The van der Waals surface area contributed by atoms with Crippen molar-refractivity contribution < 1.29 is 4.74 Å². The van der Waals surface area contributed by atoms with E-state index in [4.69, 9.17) is 10.6 Å². The van der Waals surface area contributed by atoms with E-state index in [-0.39, 0.29) is 12.1 Å². The van der Waals surface area contributed by atoms with Crippen molar-refractivity contribution in [1.29, 1.82) is 0 Å². The van der Waals surface area contributed by atoms with E-state index in [1.165, 1.54) is 41.9 Å². The first-order valence-electron chi connectivity index (χ1n) is 7.40. The Morgan fingerprint density at radius 3 is 2.63 bits per heavy atom. The van der Waals surface area contributed by atoms with E-state index < -0.39 is 0 Å². The van der Waals surface area contributed by atoms with Crippen LogP contribution in [0.2, 0.25) is 0 Å². The molecule has 1 aromatic heterocycles. The molecule has 0 spiro atoms. The average molecular weight is 282 g/mol. The molecule has 3 nitrogen and oxygen atoms in total. The van der Waals surface area contributed by atoms with Gasteiger partial charge in [0.25, 0.3) is 0 Å². The Labute approximate surface area is 120 Å². The van der Waals surface area contributed by atoms with Gasteiger partial charge in [-0.1, -0.05) is 19.3 Å². The van der Waals surface area contributed by atoms with Crippen LogP contribution in [-0.4, -0.2) is 12.7 Å². The lowest BCUT2D eigenvalue weighted by Crippen LogP contribution is -2.42. The average Bonchev–Trinajstić information content (AvgIpc) is 2.86. The fourth-order valence-electron chi connectivity index (χ4n) is 3.12. The van der Waals surface area contributed by atoms with Gasteiger partial charge >= 0.3 is 0 Å². The molecule has 108 valence electrons. The Kier molecular flexibility index (Phi) is 5.82. The van der Waals surface area contributed by atoms with Crippen LogP contribution in [0, 0.1) is 12.8 Å². The molecule has 0 bridgehead atoms. The smallest absolute Gasteiger partial charge is 0.0818 e. The van der Waals surface area contributed by atoms with E-state index in [0.29, 0.717) is 5.92 Å². The maximum atomic E-state index is 6.06. The number of hydrazine groups is 1. The highest BCUT2D eigenvalue weighted by Crippen LogP contribution is 2.36. The number of nitrogens with one attached hydrogen (secondary N) is 1. The van der Waals surface area contributed by atoms with Crippen molar-refractivity contribution in [1.82, 2.24) is 5.43 Å². The fraction of sp³-hybridized carbons (Fsp3) is 0.733. The molecule has 2 unspecified atom stereocenters. The zero-order valence-electron chi connectivity index (χ0n) is 12.0. The van der Waals surface area contributed by atoms with Gasteiger partial charge in [-0.25, -0.2) is 5.43 Å². The molecule has 1 aromatic rings. The minimum Gasteiger partial charge on any atom is -0.376 e. The zero-order valence-corrected chi connectivity index (χ0v) is 12.8. The van der Waals surface area contributed by atoms with E-state index in [9.17, 15) is 0 Å². The molecular weight excluding hydrogens is 256 g/mol. The molecule has 4 heteroatoms. The summed E-state index contributed by atoms with van der Waals surface area (Å²) in [6, 6.07) is 4.47. The normalized spacial score (nSPS) is 20.4. The third kappa shape index (κ3) is 3.78. The SMILES string of the molecule is CCOC(C1CCCCC1)C(NN)c1ccc(C)s1. The molecule has 0 aromatic carbocycles. The number of hydrogen-bond donors (Lipinski definition) is 2. The van der Waals surface area contributed by atoms with Crippen molar-refractivity contribution in [2.24, 2.45) is 11.8 Å². The van der Waals surface area contributed by atoms with E-state index >= 15 is 0 Å². The minimum absolute atomic E-state index is 0.127. The summed E-state index contributed by atoms with van der Waals surface area (Å²) in [7, 11) is 0. The highest BCUT2D eigenvalue weighted by atomic mass is 32.1. The summed E-state index contributed by atoms with van der Waals surface area (Å²) < 4.78 is 6.06. The molecule has 1 heterocycles. The van der Waals surface area contributed by atoms with Crippen LogP contribution in [0.4, 0.5) is 0 Å². The first-order chi connectivity index (χ1) is 9.26. The maximum absolute atomic E-state index is 6.06. The van der Waals surface area contributed by atoms with Crippen LogP contribution < -0.4 is 11.3 Å². The Bertz CT molecular complexity index is 374. The number of thiophene rings is 1. The maximum Gasteiger partial charge on any atom is 0.0818 e. The molecular formula is C15H26N2OS. The van der Waals surface area contributed by atoms with Crippen LogP contribution in [0.25, 0.3) is 0 Å². The van der Waals surface area contributed by atoms with Crippen molar-refractivity contribution in [3.8, 4) is 0 Å². The monoisotopic (exact) mass is 282 g/mol. The first kappa shape index (κ1) is 15.0. The number of hydrogen-bond acceptors (Lipinski definition) is 4. The van der Waals surface area contributed by atoms with Crippen LogP contribution in [0.5, 0.6) is 0 Å². The van der Waals surface area contributed by atoms with Crippen molar-refractivity contribution in [2.45, 2.75) is 58.1 Å². The number of aryl methyl sites for hydroxylation is 1. The molecule has 2 atom stereocenters. The lowest BCUT2D eigenvalue weighted by molar-refractivity contribution is -0.0176. The number of rotatable bonds is 6. The predicted octanol–water partition coefficient (Wildman–Crippen LogP) is 3.55. The van der Waals surface area contributed by atoms with Gasteiger partial charge in [-0.2, -0.15) is 0 Å². The lowest BCUT2D eigenvalue weighted by Gasteiger charge is -2.35. The third-order valence-electron chi connectivity index (χ3n) is 4.05. The summed E-state index contributed by atoms with van der Waals surface area (Å²) in [5, 5.41) is 0. The quantitative estimate of drug-likeness (QED) is 0.619. The molecule has 19 heavy (non-hydrogen) atoms. The van der Waals surface area contributed by atoms with Crippen LogP contribution in [0.15, 0.2) is 12.1 Å². The summed E-state index contributed by atoms with van der Waals surface area (Å²) in [6.45, 7) is 4.96. The zero-order chi connectivity index (χ0) is 13.7. The van der Waals surface area contributed by atoms with E-state index in [1.807, 2.05) is 11.3 Å². The van der Waals surface area contributed by atoms with Gasteiger partial charge in [-0.05, 0) is 44.7 Å². The molecule has 1 saturated carbocycles. The summed E-state index contributed by atoms with van der Waals surface area (Å²) in [5.41, 5.74) is 3.00. The molecule has 0 amide bonds. The Morgan fingerprint density at radius 1 is 1.37 bits per heavy atom. The Hall–Kier alpha value is -0.420. The van der Waals surface area contributed by atoms with E-state index in [2.05, 4.69) is 31.4 Å². The molecule has 1 fully saturated rings. The van der Waals surface area contributed by atoms with Gasteiger partial charge in [-0.15, -0.1) is 11.3 Å². The lowest BCUT2D eigenvalue weighted by atomic mass is 9.82. The van der Waals surface area contributed by atoms with Gasteiger partial charge in [0.1, 0.15) is 0 Å². The third-order valence-corrected chi connectivity index (χ3v) is 5.13. The van der Waals surface area contributed by atoms with Gasteiger partial charge in [0, 0.05) is 16.4 Å². The minimum atomic E-state index is 0.127. The van der Waals surface area contributed by atoms with Crippen LogP contribution in [0.3, 0.4) is 0 Å². The van der Waals surface area contributed by atoms with E-state index in [0.717, 1.165) is 6.61 Å². The van der Waals surface area contributed by atoms with Crippen molar-refractivity contribution in [2.75, 3.05) is 6.61 Å². The molecule has 0 aliphatic heterocycles. The standard InChI is InChI=1S/C15H26N2OS/c1-3-18-15(12-7-5-4-6-8-12)14(17-16)13-10-9-11(2)19-13/h9-10,12,14-15,17H,3-8,16H2,1-2H3. The van der Waals surface area contributed by atoms with E-state index in [1.54, 1.807) is 0 Å². The highest BCUT2D eigenvalue weighted by molar-refractivity contribution is 7.12. The van der Waals surface area contributed by atoms with Crippen molar-refractivity contribution in [3.05, 3.63) is 21.9 Å². The van der Waals surface area contributed by atoms with Gasteiger partial charge < -0.3 is 4.74 Å². The van der Waals surface area contributed by atoms with Gasteiger partial charge in [0.05, 0.1) is 12.1 Å². The van der Waals surface area contributed by atoms with Crippen LogP contribution in [0.1, 0.15) is 54.8 Å². The Morgan fingerprint density at radius 2 is 2.11 bits per heavy atom. The molecule has 3 N–H and O–H groups in total. The first-order valence-corrected chi connectivity index (χ1v) is 8.22. The highest BCUT2D eigenvalue weighted by Gasteiger charge is 2.32. The molecule has 0 saturated heterocycles. The topological polar surface area (TPSA) is 47.3 Å². The molecule has 1 aliphatic rings. The van der Waals surface area contributed by atoms with Gasteiger partial charge in [0.15, 0.2) is 0 Å². The molecule has 1 aliphatic carbocycles. The summed E-state index contributed by atoms with van der Waals surface area (Å²) in [4.78, 5) is 2.62. The van der Waals surface area contributed by atoms with Crippen LogP contribution in [-0.2, 0) is 4.74 Å². The van der Waals surface area contributed by atoms with Gasteiger partial charge in [0.2, 0.25) is 0 Å². The largest absolute Gasteiger partial charge is 0.376 e. The summed E-state index contributed by atoms with van der Waals surface area (Å²) in [6.07, 6.45) is 6.77. The number of nitrogens with two attached hydrogens (primary N) is 1. The summed E-state index contributed by atoms with van der Waals surface area (Å²) in [5.74, 6) is 6.46. The number of ether oxygens (including phenoxy) is 1. The molecule has 2 rings (SSSR count). The second kappa shape index (κ2) is 7.39. The van der Waals surface area contributed by atoms with Crippen molar-refractivity contribution in [3.63, 3.8) is 0 Å². The Balaban J connectivity index is 2.14. The summed E-state index contributed by atoms with van der Waals surface area (Å²) >= 11 is 1.82. The van der Waals surface area contributed by atoms with Crippen molar-refractivity contribution >= 4 is 11.3 Å². The predicted molar refractivity (Wildman–Crippen MR) is 81.1 cm³/mol. The second-order valence-corrected chi connectivity index (χ2v) is 6.73. The second-order valence-electron chi connectivity index (χ2n) is 5.41. The fourth-order valence-corrected chi connectivity index (χ4v) is 4.09.